The van der Waals surface area contributed by atoms with Crippen molar-refractivity contribution in [3.05, 3.63) is 122 Å². The summed E-state index contributed by atoms with van der Waals surface area (Å²) in [5, 5.41) is 11.2. The number of halogens is 4. The van der Waals surface area contributed by atoms with E-state index in [4.69, 9.17) is 49.3 Å². The molecule has 7 aromatic rings. The van der Waals surface area contributed by atoms with Crippen molar-refractivity contribution in [3.8, 4) is 45.8 Å². The molecule has 21 nitrogen and oxygen atoms in total. The number of nitrogens with one attached hydrogen (secondary N) is 3. The van der Waals surface area contributed by atoms with Crippen LogP contribution in [0.3, 0.4) is 0 Å². The third-order valence-electron chi connectivity index (χ3n) is 11.2. The van der Waals surface area contributed by atoms with Crippen molar-refractivity contribution < 1.29 is 36.6 Å². The third-order valence-corrected chi connectivity index (χ3v) is 12.5. The van der Waals surface area contributed by atoms with Crippen LogP contribution in [-0.4, -0.2) is 104 Å². The highest BCUT2D eigenvalue weighted by Crippen LogP contribution is 2.45. The second-order valence-electron chi connectivity index (χ2n) is 17.3. The second-order valence-corrected chi connectivity index (χ2v) is 20.4. The molecule has 1 aliphatic heterocycles. The van der Waals surface area contributed by atoms with Crippen LogP contribution in [0.15, 0.2) is 78.1 Å². The van der Waals surface area contributed by atoms with E-state index in [1.54, 1.807) is 49.2 Å². The summed E-state index contributed by atoms with van der Waals surface area (Å²) in [6, 6.07) is 11.8. The van der Waals surface area contributed by atoms with E-state index in [0.717, 1.165) is 11.8 Å². The Balaban J connectivity index is 0.000000217. The summed E-state index contributed by atoms with van der Waals surface area (Å²) in [7, 11) is 2.06. The van der Waals surface area contributed by atoms with Gasteiger partial charge in [0.25, 0.3) is 11.5 Å². The highest BCUT2D eigenvalue weighted by molar-refractivity contribution is 7.92. The molecule has 5 aromatic heterocycles. The van der Waals surface area contributed by atoms with Gasteiger partial charge in [-0.3, -0.25) is 23.9 Å². The van der Waals surface area contributed by atoms with E-state index < -0.39 is 33.9 Å². The molecule has 74 heavy (non-hydrogen) atoms. The third kappa shape index (κ3) is 11.7. The predicted molar refractivity (Wildman–Crippen MR) is 280 cm³/mol. The van der Waals surface area contributed by atoms with Crippen LogP contribution in [0.5, 0.6) is 11.9 Å². The smallest absolute Gasteiger partial charge is 0.407 e. The minimum Gasteiger partial charge on any atom is -0.480 e. The fourth-order valence-corrected chi connectivity index (χ4v) is 9.08. The van der Waals surface area contributed by atoms with E-state index in [9.17, 15) is 22.8 Å². The standard InChI is InChI=1S/C26H24Cl2N6O4.C22H27ClFN7O4S/c1-13(2)33-21-19(30-22(33)17-11-29-26(38-5)31-23(17)37-4)25(36)34(18-10-16(28)12-32(3)24(18)35)20(21)14-6-8-15(27)9-7-14;1-12(2)31-11-16(17-6-7-25-21(28-17)26-10-13(3)27-22(32)35-4)20(29-31)15-8-14(23)9-18(19(15)24)30-36(5,33)34/h6-13,20H,1-5H3;6-9,11-13,30H,10H2,1-5H3,(H,27,32)(H,25,26,28)/t20-;13-/m00/s1. The Morgan fingerprint density at radius 2 is 1.55 bits per heavy atom. The molecule has 0 spiro atoms. The number of hydrogen-bond donors (Lipinski definition) is 3. The van der Waals surface area contributed by atoms with Gasteiger partial charge in [-0.2, -0.15) is 10.1 Å². The van der Waals surface area contributed by atoms with Gasteiger partial charge in [-0.1, -0.05) is 46.9 Å². The minimum absolute atomic E-state index is 0.00655. The van der Waals surface area contributed by atoms with Crippen LogP contribution < -0.4 is 35.3 Å². The van der Waals surface area contributed by atoms with Crippen molar-refractivity contribution in [1.29, 1.82) is 0 Å². The van der Waals surface area contributed by atoms with E-state index in [0.29, 0.717) is 44.9 Å². The van der Waals surface area contributed by atoms with Crippen molar-refractivity contribution >= 4 is 74.1 Å². The largest absolute Gasteiger partial charge is 0.480 e. The van der Waals surface area contributed by atoms with Crippen molar-refractivity contribution in [2.75, 3.05) is 49.1 Å². The summed E-state index contributed by atoms with van der Waals surface area (Å²) in [4.78, 5) is 62.1. The number of imidazole rings is 1. The number of alkyl carbamates (subject to hydrolysis) is 1. The molecule has 26 heteroatoms. The van der Waals surface area contributed by atoms with Crippen LogP contribution in [0.4, 0.5) is 26.5 Å². The van der Waals surface area contributed by atoms with Gasteiger partial charge in [-0.05, 0) is 76.6 Å². The van der Waals surface area contributed by atoms with Gasteiger partial charge in [-0.25, -0.2) is 37.5 Å². The van der Waals surface area contributed by atoms with Gasteiger partial charge >= 0.3 is 12.1 Å². The molecule has 2 amide bonds. The summed E-state index contributed by atoms with van der Waals surface area (Å²) in [5.74, 6) is -0.280. The first-order valence-corrected chi connectivity index (χ1v) is 25.6. The average Bonchev–Trinajstić information content (AvgIpc) is 4.05. The monoisotopic (exact) mass is 1090 g/mol. The number of rotatable bonds is 15. The van der Waals surface area contributed by atoms with Crippen molar-refractivity contribution in [1.82, 2.24) is 49.2 Å². The van der Waals surface area contributed by atoms with E-state index in [2.05, 4.69) is 45.1 Å². The second kappa shape index (κ2) is 22.4. The molecule has 0 radical (unpaired) electrons. The molecular formula is C48H51Cl3FN13O8S. The van der Waals surface area contributed by atoms with Gasteiger partial charge in [0.2, 0.25) is 21.9 Å². The van der Waals surface area contributed by atoms with Gasteiger partial charge in [0.05, 0.1) is 55.2 Å². The van der Waals surface area contributed by atoms with E-state index >= 15 is 4.39 Å². The lowest BCUT2D eigenvalue weighted by Gasteiger charge is -2.28. The maximum absolute atomic E-state index is 15.5. The van der Waals surface area contributed by atoms with Crippen LogP contribution >= 0.6 is 34.8 Å². The lowest BCUT2D eigenvalue weighted by atomic mass is 10.0. The normalized spacial score (nSPS) is 13.6. The zero-order valence-electron chi connectivity index (χ0n) is 41.6. The summed E-state index contributed by atoms with van der Waals surface area (Å²) in [6.07, 6.45) is 6.66. The van der Waals surface area contributed by atoms with Gasteiger partial charge in [0.1, 0.15) is 23.2 Å². The number of sulfonamides is 1. The van der Waals surface area contributed by atoms with Gasteiger partial charge in [0.15, 0.2) is 11.5 Å². The van der Waals surface area contributed by atoms with E-state index in [1.165, 1.54) is 61.4 Å². The summed E-state index contributed by atoms with van der Waals surface area (Å²) >= 11 is 18.7. The Morgan fingerprint density at radius 1 is 0.838 bits per heavy atom. The Kier molecular flexibility index (Phi) is 16.5. The Bertz CT molecular complexity index is 3430. The molecule has 0 fully saturated rings. The van der Waals surface area contributed by atoms with Crippen LogP contribution in [0.2, 0.25) is 15.1 Å². The number of methoxy groups -OCH3 is 3. The number of benzene rings is 2. The summed E-state index contributed by atoms with van der Waals surface area (Å²) < 4.78 is 61.2. The van der Waals surface area contributed by atoms with Crippen LogP contribution in [0.1, 0.15) is 74.5 Å². The molecule has 6 heterocycles. The van der Waals surface area contributed by atoms with E-state index in [-0.39, 0.29) is 74.9 Å². The highest BCUT2D eigenvalue weighted by Gasteiger charge is 2.46. The van der Waals surface area contributed by atoms with Crippen molar-refractivity contribution in [2.24, 2.45) is 7.05 Å². The van der Waals surface area contributed by atoms with Gasteiger partial charge in [0, 0.05) is 77.7 Å². The van der Waals surface area contributed by atoms with Crippen molar-refractivity contribution in [2.45, 2.75) is 58.8 Å². The number of aryl methyl sites for hydroxylation is 1. The molecule has 2 atom stereocenters. The van der Waals surface area contributed by atoms with Gasteiger partial charge in [-0.15, -0.1) is 0 Å². The number of hydrogen-bond acceptors (Lipinski definition) is 15. The molecule has 390 valence electrons. The Hall–Kier alpha value is -7.34. The van der Waals surface area contributed by atoms with Crippen LogP contribution in [0.25, 0.3) is 33.9 Å². The van der Waals surface area contributed by atoms with E-state index in [1.807, 2.05) is 44.4 Å². The Morgan fingerprint density at radius 3 is 2.19 bits per heavy atom. The number of carbonyl (C=O) groups is 2. The Labute approximate surface area is 440 Å². The quantitative estimate of drug-likeness (QED) is 0.0870. The molecule has 0 bridgehead atoms. The maximum atomic E-state index is 15.5. The molecule has 0 saturated heterocycles. The molecule has 0 aliphatic carbocycles. The lowest BCUT2D eigenvalue weighted by molar-refractivity contribution is 0.0989. The molecule has 8 rings (SSSR count). The number of ether oxygens (including phenoxy) is 3. The summed E-state index contributed by atoms with van der Waals surface area (Å²) in [6.45, 7) is 9.88. The SMILES string of the molecule is COC(=O)N[C@@H](C)CNc1nccc(-c2cn(C(C)C)nc2-c2cc(Cl)cc(NS(C)(=O)=O)c2F)n1.COc1ncc(-c2nc3c(n2C(C)C)[C@H](c2ccc(Cl)cc2)N(c2cc(Cl)cn(C)c2=O)C3=O)c(OC)n1. The minimum atomic E-state index is -3.75. The van der Waals surface area contributed by atoms with Crippen LogP contribution in [-0.2, 0) is 21.8 Å². The number of aromatic nitrogens is 9. The average molecular weight is 1100 g/mol. The zero-order chi connectivity index (χ0) is 53.9. The number of anilines is 3. The number of pyridine rings is 1. The van der Waals surface area contributed by atoms with Crippen molar-refractivity contribution in [3.63, 3.8) is 0 Å². The molecule has 2 aromatic carbocycles. The first-order valence-electron chi connectivity index (χ1n) is 22.5. The molecule has 0 unspecified atom stereocenters. The first kappa shape index (κ1) is 54.4. The zero-order valence-corrected chi connectivity index (χ0v) is 44.7. The first-order chi connectivity index (χ1) is 35.0. The molecule has 1 aliphatic rings. The molecule has 3 N–H and O–H groups in total. The fraction of sp³-hybridized carbons (Fsp3) is 0.312. The lowest BCUT2D eigenvalue weighted by Crippen LogP contribution is -2.37. The summed E-state index contributed by atoms with van der Waals surface area (Å²) in [5.41, 5.74) is 2.70. The topological polar surface area (TPSA) is 244 Å². The molecular weight excluding hydrogens is 1040 g/mol. The number of nitrogens with zero attached hydrogens (tertiary/aromatic N) is 10. The van der Waals surface area contributed by atoms with Gasteiger partial charge < -0.3 is 34.0 Å². The maximum Gasteiger partial charge on any atom is 0.407 e. The highest BCUT2D eigenvalue weighted by atomic mass is 35.5. The molecule has 0 saturated carbocycles. The number of amides is 2. The van der Waals surface area contributed by atoms with Crippen LogP contribution in [0, 0.1) is 5.82 Å². The number of carbonyl (C=O) groups excluding carboxylic acids is 2. The number of fused-ring (bicyclic) bond motifs is 1. The fourth-order valence-electron chi connectivity index (χ4n) is 7.94. The predicted octanol–water partition coefficient (Wildman–Crippen LogP) is 8.60.